The Bertz CT molecular complexity index is 744. The molecule has 102 valence electrons. The number of nitrogens with one attached hydrogen (secondary N) is 3. The number of aromatic nitrogens is 4. The lowest BCUT2D eigenvalue weighted by atomic mass is 10.1. The van der Waals surface area contributed by atoms with Crippen molar-refractivity contribution in [2.45, 2.75) is 6.42 Å². The quantitative estimate of drug-likeness (QED) is 0.562. The zero-order chi connectivity index (χ0) is 13.9. The van der Waals surface area contributed by atoms with Crippen LogP contribution in [0.1, 0.15) is 16.1 Å². The van der Waals surface area contributed by atoms with Gasteiger partial charge in [-0.2, -0.15) is 5.21 Å². The van der Waals surface area contributed by atoms with Gasteiger partial charge in [0.2, 0.25) is 0 Å². The smallest absolute Gasteiger partial charge is 0.275 e. The monoisotopic (exact) mass is 270 g/mol. The Morgan fingerprint density at radius 2 is 2.15 bits per heavy atom. The van der Waals surface area contributed by atoms with Gasteiger partial charge in [-0.3, -0.25) is 4.79 Å². The molecule has 0 fully saturated rings. The van der Waals surface area contributed by atoms with Crippen LogP contribution in [-0.4, -0.2) is 32.8 Å². The predicted octanol–water partition coefficient (Wildman–Crippen LogP) is 0.841. The number of fused-ring (bicyclic) bond motifs is 1. The van der Waals surface area contributed by atoms with Crippen LogP contribution in [0.5, 0.6) is 0 Å². The number of carbonyl (C=O) groups excluding carboxylic acids is 1. The van der Waals surface area contributed by atoms with Gasteiger partial charge in [-0.1, -0.05) is 18.2 Å². The van der Waals surface area contributed by atoms with Gasteiger partial charge < -0.3 is 16.0 Å². The Balaban J connectivity index is 1.63. The third kappa shape index (κ3) is 2.20. The minimum Gasteiger partial charge on any atom is -0.380 e. The Morgan fingerprint density at radius 1 is 1.30 bits per heavy atom. The van der Waals surface area contributed by atoms with Gasteiger partial charge in [0.05, 0.1) is 0 Å². The second-order valence-electron chi connectivity index (χ2n) is 4.42. The number of nitrogens with two attached hydrogens (primary N) is 1. The molecule has 20 heavy (non-hydrogen) atoms. The molecule has 0 spiro atoms. The summed E-state index contributed by atoms with van der Waals surface area (Å²) in [6.07, 6.45) is 2.69. The summed E-state index contributed by atoms with van der Waals surface area (Å²) in [4.78, 5) is 15.0. The number of carbonyl (C=O) groups is 1. The maximum atomic E-state index is 11.8. The molecule has 0 aliphatic heterocycles. The van der Waals surface area contributed by atoms with Crippen molar-refractivity contribution in [2.24, 2.45) is 0 Å². The molecule has 7 heteroatoms. The molecule has 1 amide bonds. The number of amides is 1. The minimum atomic E-state index is -0.323. The highest BCUT2D eigenvalue weighted by molar-refractivity contribution is 5.96. The van der Waals surface area contributed by atoms with E-state index in [0.717, 1.165) is 17.5 Å². The normalized spacial score (nSPS) is 10.8. The van der Waals surface area contributed by atoms with E-state index in [2.05, 4.69) is 31.8 Å². The fourth-order valence-corrected chi connectivity index (χ4v) is 2.14. The summed E-state index contributed by atoms with van der Waals surface area (Å²) in [7, 11) is 0. The number of hydrogen-bond acceptors (Lipinski definition) is 4. The highest BCUT2D eigenvalue weighted by Gasteiger charge is 2.13. The van der Waals surface area contributed by atoms with Gasteiger partial charge in [0.1, 0.15) is 0 Å². The Labute approximate surface area is 114 Å². The first kappa shape index (κ1) is 12.2. The lowest BCUT2D eigenvalue weighted by Crippen LogP contribution is -2.26. The van der Waals surface area contributed by atoms with E-state index < -0.39 is 0 Å². The number of hydrogen-bond donors (Lipinski definition) is 4. The summed E-state index contributed by atoms with van der Waals surface area (Å²) in [5.41, 5.74) is 7.89. The molecule has 0 radical (unpaired) electrons. The molecule has 0 aliphatic rings. The fraction of sp³-hybridized carbons (Fsp3) is 0.154. The summed E-state index contributed by atoms with van der Waals surface area (Å²) in [5, 5.41) is 13.6. The van der Waals surface area contributed by atoms with E-state index in [1.165, 1.54) is 5.39 Å². The van der Waals surface area contributed by atoms with Gasteiger partial charge in [-0.05, 0) is 18.1 Å². The van der Waals surface area contributed by atoms with Crippen molar-refractivity contribution >= 4 is 22.6 Å². The third-order valence-corrected chi connectivity index (χ3v) is 3.14. The first-order valence-corrected chi connectivity index (χ1v) is 6.25. The SMILES string of the molecule is Nc1n[nH]nc1C(=O)NCCc1c[nH]c2ccccc12. The number of nitrogen functional groups attached to an aromatic ring is 1. The Hall–Kier alpha value is -2.83. The van der Waals surface area contributed by atoms with Crippen LogP contribution in [0.25, 0.3) is 10.9 Å². The topological polar surface area (TPSA) is 112 Å². The Kier molecular flexibility index (Phi) is 3.08. The van der Waals surface area contributed by atoms with Crippen molar-refractivity contribution in [3.05, 3.63) is 41.7 Å². The number of rotatable bonds is 4. The summed E-state index contributed by atoms with van der Waals surface area (Å²) < 4.78 is 0. The average Bonchev–Trinajstić information content (AvgIpc) is 3.05. The van der Waals surface area contributed by atoms with Crippen molar-refractivity contribution < 1.29 is 4.79 Å². The summed E-state index contributed by atoms with van der Waals surface area (Å²) in [5.74, 6) is -0.217. The number of para-hydroxylation sites is 1. The largest absolute Gasteiger partial charge is 0.380 e. The molecule has 0 bridgehead atoms. The minimum absolute atomic E-state index is 0.106. The first-order valence-electron chi connectivity index (χ1n) is 6.25. The van der Waals surface area contributed by atoms with Crippen LogP contribution < -0.4 is 11.1 Å². The predicted molar refractivity (Wildman–Crippen MR) is 75.1 cm³/mol. The van der Waals surface area contributed by atoms with E-state index in [4.69, 9.17) is 5.73 Å². The van der Waals surface area contributed by atoms with Gasteiger partial charge in [0.25, 0.3) is 5.91 Å². The second-order valence-corrected chi connectivity index (χ2v) is 4.42. The number of anilines is 1. The number of H-pyrrole nitrogens is 2. The van der Waals surface area contributed by atoms with Gasteiger partial charge in [-0.15, -0.1) is 10.2 Å². The molecule has 3 aromatic rings. The van der Waals surface area contributed by atoms with Crippen LogP contribution in [0.4, 0.5) is 5.82 Å². The summed E-state index contributed by atoms with van der Waals surface area (Å²) >= 11 is 0. The molecule has 1 aromatic carbocycles. The van der Waals surface area contributed by atoms with Crippen molar-refractivity contribution in [2.75, 3.05) is 12.3 Å². The van der Waals surface area contributed by atoms with Crippen LogP contribution in [-0.2, 0) is 6.42 Å². The molecule has 0 saturated carbocycles. The van der Waals surface area contributed by atoms with Gasteiger partial charge in [0, 0.05) is 23.6 Å². The average molecular weight is 270 g/mol. The van der Waals surface area contributed by atoms with Crippen molar-refractivity contribution in [3.63, 3.8) is 0 Å². The molecular formula is C13H14N6O. The van der Waals surface area contributed by atoms with E-state index in [0.29, 0.717) is 6.54 Å². The molecule has 0 aliphatic carbocycles. The zero-order valence-electron chi connectivity index (χ0n) is 10.7. The molecule has 3 rings (SSSR count). The Morgan fingerprint density at radius 3 is 2.95 bits per heavy atom. The van der Waals surface area contributed by atoms with E-state index in [1.54, 1.807) is 0 Å². The highest BCUT2D eigenvalue weighted by Crippen LogP contribution is 2.17. The van der Waals surface area contributed by atoms with E-state index in [1.807, 2.05) is 24.4 Å². The van der Waals surface area contributed by atoms with Gasteiger partial charge in [-0.25, -0.2) is 0 Å². The van der Waals surface area contributed by atoms with Crippen molar-refractivity contribution in [3.8, 4) is 0 Å². The molecule has 2 heterocycles. The van der Waals surface area contributed by atoms with Crippen LogP contribution in [0.3, 0.4) is 0 Å². The maximum absolute atomic E-state index is 11.8. The molecule has 7 nitrogen and oxygen atoms in total. The molecule has 2 aromatic heterocycles. The molecule has 0 atom stereocenters. The molecule has 0 unspecified atom stereocenters. The maximum Gasteiger partial charge on any atom is 0.275 e. The number of aromatic amines is 2. The number of nitrogens with zero attached hydrogens (tertiary/aromatic N) is 2. The summed E-state index contributed by atoms with van der Waals surface area (Å²) in [6.45, 7) is 0.507. The fourth-order valence-electron chi connectivity index (χ4n) is 2.14. The molecule has 0 saturated heterocycles. The molecule has 5 N–H and O–H groups in total. The highest BCUT2D eigenvalue weighted by atomic mass is 16.2. The van der Waals surface area contributed by atoms with Crippen LogP contribution in [0.15, 0.2) is 30.5 Å². The summed E-state index contributed by atoms with van der Waals surface area (Å²) in [6, 6.07) is 8.05. The molecular weight excluding hydrogens is 256 g/mol. The van der Waals surface area contributed by atoms with Gasteiger partial charge in [0.15, 0.2) is 11.5 Å². The van der Waals surface area contributed by atoms with Crippen LogP contribution in [0.2, 0.25) is 0 Å². The van der Waals surface area contributed by atoms with Crippen molar-refractivity contribution in [1.29, 1.82) is 0 Å². The van der Waals surface area contributed by atoms with E-state index >= 15 is 0 Å². The lowest BCUT2D eigenvalue weighted by Gasteiger charge is -2.02. The lowest BCUT2D eigenvalue weighted by molar-refractivity contribution is 0.0950. The number of benzene rings is 1. The second kappa shape index (κ2) is 5.04. The van der Waals surface area contributed by atoms with E-state index in [9.17, 15) is 4.79 Å². The van der Waals surface area contributed by atoms with Gasteiger partial charge >= 0.3 is 0 Å². The van der Waals surface area contributed by atoms with Crippen LogP contribution >= 0.6 is 0 Å². The van der Waals surface area contributed by atoms with Crippen LogP contribution in [0, 0.1) is 0 Å². The van der Waals surface area contributed by atoms with E-state index in [-0.39, 0.29) is 17.4 Å². The van der Waals surface area contributed by atoms with Crippen molar-refractivity contribution in [1.82, 2.24) is 25.7 Å². The zero-order valence-corrected chi connectivity index (χ0v) is 10.7. The third-order valence-electron chi connectivity index (χ3n) is 3.14. The standard InChI is InChI=1S/C13H14N6O/c14-12-11(17-19-18-12)13(20)15-6-5-8-7-16-10-4-2-1-3-9(8)10/h1-4,7,16H,5-6H2,(H,15,20)(H3,14,17,18,19). The first-order chi connectivity index (χ1) is 9.75.